The number of rotatable bonds is 13. The highest BCUT2D eigenvalue weighted by Crippen LogP contribution is 2.39. The highest BCUT2D eigenvalue weighted by Gasteiger charge is 2.36. The molecule has 1 aliphatic rings. The third-order valence-corrected chi connectivity index (χ3v) is 8.28. The summed E-state index contributed by atoms with van der Waals surface area (Å²) in [6.07, 6.45) is -0.626. The first-order chi connectivity index (χ1) is 23.8. The van der Waals surface area contributed by atoms with Gasteiger partial charge in [0.05, 0.1) is 25.3 Å². The summed E-state index contributed by atoms with van der Waals surface area (Å²) >= 11 is 0. The quantitative estimate of drug-likeness (QED) is 0.198. The fourth-order valence-corrected chi connectivity index (χ4v) is 5.78. The minimum absolute atomic E-state index is 0.0311. The number of piperazine rings is 1. The zero-order valence-corrected chi connectivity index (χ0v) is 27.6. The van der Waals surface area contributed by atoms with Gasteiger partial charge in [-0.2, -0.15) is 0 Å². The van der Waals surface area contributed by atoms with E-state index in [1.807, 2.05) is 60.7 Å². The highest BCUT2D eigenvalue weighted by molar-refractivity contribution is 6.05. The number of amides is 3. The average Bonchev–Trinajstić information content (AvgIpc) is 3.13. The molecule has 3 amide bonds. The topological polar surface area (TPSA) is 151 Å². The second-order valence-corrected chi connectivity index (χ2v) is 11.4. The number of para-hydroxylation sites is 1. The highest BCUT2D eigenvalue weighted by atomic mass is 16.6. The molecule has 1 saturated heterocycles. The van der Waals surface area contributed by atoms with Crippen LogP contribution in [0.3, 0.4) is 0 Å². The molecule has 1 aliphatic heterocycles. The van der Waals surface area contributed by atoms with Gasteiger partial charge in [-0.3, -0.25) is 14.4 Å². The van der Waals surface area contributed by atoms with Gasteiger partial charge in [-0.05, 0) is 36.6 Å². The molecule has 5 rings (SSSR count). The Morgan fingerprint density at radius 1 is 0.816 bits per heavy atom. The van der Waals surface area contributed by atoms with E-state index in [-0.39, 0.29) is 81.8 Å². The van der Waals surface area contributed by atoms with Crippen molar-refractivity contribution < 1.29 is 38.1 Å². The molecule has 12 nitrogen and oxygen atoms in total. The van der Waals surface area contributed by atoms with Gasteiger partial charge in [0.2, 0.25) is 5.91 Å². The lowest BCUT2D eigenvalue weighted by Crippen LogP contribution is -2.52. The van der Waals surface area contributed by atoms with Crippen molar-refractivity contribution >= 4 is 34.8 Å². The summed E-state index contributed by atoms with van der Waals surface area (Å²) in [5.41, 5.74) is 8.09. The van der Waals surface area contributed by atoms with Crippen molar-refractivity contribution in [1.29, 1.82) is 0 Å². The number of ether oxygens (including phenoxy) is 4. The van der Waals surface area contributed by atoms with Gasteiger partial charge < -0.3 is 34.5 Å². The molecule has 49 heavy (non-hydrogen) atoms. The Morgan fingerprint density at radius 2 is 1.45 bits per heavy atom. The predicted molar refractivity (Wildman–Crippen MR) is 181 cm³/mol. The Hall–Kier alpha value is -5.65. The number of aromatic nitrogens is 1. The number of primary amides is 1. The minimum Gasteiger partial charge on any atom is -0.494 e. The van der Waals surface area contributed by atoms with E-state index in [0.29, 0.717) is 16.7 Å². The van der Waals surface area contributed by atoms with Gasteiger partial charge in [0.25, 0.3) is 5.91 Å². The van der Waals surface area contributed by atoms with Crippen molar-refractivity contribution in [1.82, 2.24) is 14.8 Å². The van der Waals surface area contributed by atoms with E-state index in [9.17, 15) is 19.2 Å². The van der Waals surface area contributed by atoms with Gasteiger partial charge in [-0.25, -0.2) is 9.78 Å². The van der Waals surface area contributed by atoms with Crippen LogP contribution in [0.1, 0.15) is 52.9 Å². The summed E-state index contributed by atoms with van der Waals surface area (Å²) < 4.78 is 22.6. The molecule has 256 valence electrons. The summed E-state index contributed by atoms with van der Waals surface area (Å²) in [4.78, 5) is 61.1. The first-order valence-electron chi connectivity index (χ1n) is 16.2. The number of fused-ring (bicyclic) bond motifs is 1. The van der Waals surface area contributed by atoms with Crippen molar-refractivity contribution in [2.24, 2.45) is 5.73 Å². The Bertz CT molecular complexity index is 1780. The number of nitrogens with zero attached hydrogens (tertiary/aromatic N) is 3. The van der Waals surface area contributed by atoms with E-state index in [0.717, 1.165) is 11.1 Å². The Kier molecular flexibility index (Phi) is 11.6. The Labute approximate surface area is 284 Å². The molecule has 0 radical (unpaired) electrons. The summed E-state index contributed by atoms with van der Waals surface area (Å²) in [7, 11) is 1.50. The monoisotopic (exact) mass is 668 g/mol. The van der Waals surface area contributed by atoms with Crippen LogP contribution < -0.4 is 15.2 Å². The molecule has 0 aliphatic carbocycles. The number of carbonyl (C=O) groups excluding carboxylic acids is 4. The standard InChI is InChI=1S/C37H40N4O8/c1-3-47-37(45)41-21-19-40(20-22-41)36(44)28(17-18-30(42)48-23-25-11-6-4-7-12-25)33-31(35(38)43)34(49-24-26-13-8-5-9-14-26)27-15-10-16-29(46-2)32(27)39-33/h4-16,28H,3,17-24H2,1-2H3,(H2,38,43). The van der Waals surface area contributed by atoms with Crippen LogP contribution in [-0.4, -0.2) is 78.6 Å². The van der Waals surface area contributed by atoms with E-state index < -0.39 is 23.9 Å². The summed E-state index contributed by atoms with van der Waals surface area (Å²) in [5, 5.41) is 0.476. The SMILES string of the molecule is CCOC(=O)N1CCN(C(=O)C(CCC(=O)OCc2ccccc2)c2nc3c(OC)cccc3c(OCc3ccccc3)c2C(N)=O)CC1. The first-order valence-corrected chi connectivity index (χ1v) is 16.2. The van der Waals surface area contributed by atoms with E-state index in [1.54, 1.807) is 30.0 Å². The Balaban J connectivity index is 1.53. The number of hydrogen-bond acceptors (Lipinski definition) is 9. The maximum atomic E-state index is 14.4. The van der Waals surface area contributed by atoms with E-state index in [2.05, 4.69) is 0 Å². The van der Waals surface area contributed by atoms with Gasteiger partial charge in [0, 0.05) is 38.0 Å². The fraction of sp³-hybridized carbons (Fsp3) is 0.324. The minimum atomic E-state index is -1.09. The number of esters is 1. The molecule has 2 N–H and O–H groups in total. The molecular formula is C37H40N4O8. The van der Waals surface area contributed by atoms with E-state index >= 15 is 0 Å². The van der Waals surface area contributed by atoms with Crippen molar-refractivity contribution in [3.63, 3.8) is 0 Å². The van der Waals surface area contributed by atoms with Crippen molar-refractivity contribution in [2.45, 2.75) is 38.9 Å². The maximum Gasteiger partial charge on any atom is 0.409 e. The molecule has 0 bridgehead atoms. The van der Waals surface area contributed by atoms with Crippen LogP contribution in [0.5, 0.6) is 11.5 Å². The fourth-order valence-electron chi connectivity index (χ4n) is 5.78. The molecule has 1 unspecified atom stereocenters. The molecular weight excluding hydrogens is 628 g/mol. The normalized spacial score (nSPS) is 13.4. The number of benzene rings is 3. The third-order valence-electron chi connectivity index (χ3n) is 8.28. The van der Waals surface area contributed by atoms with Crippen LogP contribution in [0, 0.1) is 0 Å². The van der Waals surface area contributed by atoms with E-state index in [1.165, 1.54) is 12.0 Å². The largest absolute Gasteiger partial charge is 0.494 e. The predicted octanol–water partition coefficient (Wildman–Crippen LogP) is 4.83. The van der Waals surface area contributed by atoms with Crippen molar-refractivity contribution in [2.75, 3.05) is 39.9 Å². The lowest BCUT2D eigenvalue weighted by Gasteiger charge is -2.36. The maximum absolute atomic E-state index is 14.4. The lowest BCUT2D eigenvalue weighted by atomic mass is 9.91. The summed E-state index contributed by atoms with van der Waals surface area (Å²) in [6.45, 7) is 3.09. The van der Waals surface area contributed by atoms with Gasteiger partial charge in [-0.1, -0.05) is 66.7 Å². The van der Waals surface area contributed by atoms with Gasteiger partial charge in [0.15, 0.2) is 0 Å². The molecule has 3 aromatic carbocycles. The average molecular weight is 669 g/mol. The first kappa shape index (κ1) is 34.7. The molecule has 1 aromatic heterocycles. The molecule has 0 spiro atoms. The number of nitrogens with two attached hydrogens (primary N) is 1. The van der Waals surface area contributed by atoms with Crippen LogP contribution in [0.4, 0.5) is 4.79 Å². The Morgan fingerprint density at radius 3 is 2.06 bits per heavy atom. The van der Waals surface area contributed by atoms with Crippen LogP contribution in [0.25, 0.3) is 10.9 Å². The smallest absolute Gasteiger partial charge is 0.409 e. The van der Waals surface area contributed by atoms with Crippen molar-refractivity contribution in [3.8, 4) is 11.5 Å². The van der Waals surface area contributed by atoms with Gasteiger partial charge >= 0.3 is 12.1 Å². The van der Waals surface area contributed by atoms with Gasteiger partial charge in [0.1, 0.15) is 35.8 Å². The number of methoxy groups -OCH3 is 1. The van der Waals surface area contributed by atoms with Crippen LogP contribution in [-0.2, 0) is 32.3 Å². The zero-order valence-electron chi connectivity index (χ0n) is 27.6. The summed E-state index contributed by atoms with van der Waals surface area (Å²) in [6, 6.07) is 23.9. The molecule has 1 atom stereocenters. The lowest BCUT2D eigenvalue weighted by molar-refractivity contribution is -0.145. The second kappa shape index (κ2) is 16.4. The number of hydrogen-bond donors (Lipinski definition) is 1. The zero-order chi connectivity index (χ0) is 34.8. The van der Waals surface area contributed by atoms with Crippen LogP contribution in [0.2, 0.25) is 0 Å². The van der Waals surface area contributed by atoms with Crippen LogP contribution >= 0.6 is 0 Å². The molecule has 2 heterocycles. The van der Waals surface area contributed by atoms with Gasteiger partial charge in [-0.15, -0.1) is 0 Å². The third kappa shape index (κ3) is 8.45. The molecule has 0 saturated carbocycles. The van der Waals surface area contributed by atoms with Crippen LogP contribution in [0.15, 0.2) is 78.9 Å². The molecule has 12 heteroatoms. The van der Waals surface area contributed by atoms with E-state index in [4.69, 9.17) is 29.7 Å². The number of pyridine rings is 1. The summed E-state index contributed by atoms with van der Waals surface area (Å²) in [5.74, 6) is -2.27. The molecule has 1 fully saturated rings. The van der Waals surface area contributed by atoms with Crippen molar-refractivity contribution in [3.05, 3.63) is 101 Å². The molecule has 4 aromatic rings. The second-order valence-electron chi connectivity index (χ2n) is 11.4. The number of carbonyl (C=O) groups is 4.